The summed E-state index contributed by atoms with van der Waals surface area (Å²) in [4.78, 5) is 12.1. The largest absolute Gasteiger partial charge is 0.289 e. The molecule has 0 unspecified atom stereocenters. The molecule has 16 heavy (non-hydrogen) atoms. The Kier molecular flexibility index (Phi) is 3.16. The number of carbonyl (C=O) groups excluding carboxylic acids is 1. The number of ketones is 1. The molecule has 1 aromatic rings. The van der Waals surface area contributed by atoms with Crippen molar-refractivity contribution in [1.82, 2.24) is 0 Å². The molecule has 0 fully saturated rings. The molecule has 0 amide bonds. The Balaban J connectivity index is 2.28. The molecule has 1 heteroatoms. The highest BCUT2D eigenvalue weighted by molar-refractivity contribution is 6.10. The molecular formula is C15H14O. The van der Waals surface area contributed by atoms with Crippen LogP contribution in [-0.2, 0) is 0 Å². The summed E-state index contributed by atoms with van der Waals surface area (Å²) < 4.78 is 0. The third-order valence-corrected chi connectivity index (χ3v) is 2.56. The lowest BCUT2D eigenvalue weighted by atomic mass is 10.0. The number of Topliss-reactive ketones (excluding diaryl/α,β-unsaturated/α-hetero) is 1. The highest BCUT2D eigenvalue weighted by Gasteiger charge is 2.09. The van der Waals surface area contributed by atoms with Crippen LogP contribution in [0.15, 0.2) is 60.2 Å². The Bertz CT molecular complexity index is 473. The van der Waals surface area contributed by atoms with Crippen LogP contribution >= 0.6 is 0 Å². The van der Waals surface area contributed by atoms with E-state index < -0.39 is 0 Å². The summed E-state index contributed by atoms with van der Waals surface area (Å²) in [5, 5.41) is 0. The predicted octanol–water partition coefficient (Wildman–Crippen LogP) is 3.62. The van der Waals surface area contributed by atoms with Gasteiger partial charge in [0.1, 0.15) is 0 Å². The van der Waals surface area contributed by atoms with Gasteiger partial charge in [-0.2, -0.15) is 0 Å². The highest BCUT2D eigenvalue weighted by atomic mass is 16.1. The lowest BCUT2D eigenvalue weighted by Crippen LogP contribution is -2.01. The number of benzene rings is 1. The minimum absolute atomic E-state index is 0.0859. The van der Waals surface area contributed by atoms with E-state index in [1.165, 1.54) is 5.56 Å². The minimum atomic E-state index is 0.0859. The molecule has 0 atom stereocenters. The van der Waals surface area contributed by atoms with E-state index in [4.69, 9.17) is 0 Å². The topological polar surface area (TPSA) is 17.1 Å². The van der Waals surface area contributed by atoms with Gasteiger partial charge in [-0.15, -0.1) is 0 Å². The van der Waals surface area contributed by atoms with Gasteiger partial charge in [0.05, 0.1) is 0 Å². The first kappa shape index (κ1) is 10.6. The van der Waals surface area contributed by atoms with E-state index in [0.717, 1.165) is 17.6 Å². The van der Waals surface area contributed by atoms with E-state index in [9.17, 15) is 4.79 Å². The third-order valence-electron chi connectivity index (χ3n) is 2.56. The molecule has 0 heterocycles. The number of rotatable bonds is 2. The summed E-state index contributed by atoms with van der Waals surface area (Å²) in [5.74, 6) is 0.0859. The third kappa shape index (κ3) is 2.37. The molecular weight excluding hydrogens is 196 g/mol. The fraction of sp³-hybridized carbons (Fsp3) is 0.133. The molecule has 80 valence electrons. The van der Waals surface area contributed by atoms with Crippen LogP contribution in [-0.4, -0.2) is 5.78 Å². The molecule has 0 radical (unpaired) electrons. The maximum absolute atomic E-state index is 12.1. The van der Waals surface area contributed by atoms with Gasteiger partial charge in [0.15, 0.2) is 5.78 Å². The van der Waals surface area contributed by atoms with Crippen molar-refractivity contribution in [2.75, 3.05) is 0 Å². The minimum Gasteiger partial charge on any atom is -0.289 e. The fourth-order valence-corrected chi connectivity index (χ4v) is 1.60. The summed E-state index contributed by atoms with van der Waals surface area (Å²) in [6.07, 6.45) is 10.6. The van der Waals surface area contributed by atoms with Crippen LogP contribution in [0.2, 0.25) is 0 Å². The van der Waals surface area contributed by atoms with Crippen molar-refractivity contribution in [2.24, 2.45) is 0 Å². The number of carbonyl (C=O) groups is 1. The van der Waals surface area contributed by atoms with E-state index >= 15 is 0 Å². The van der Waals surface area contributed by atoms with Crippen LogP contribution in [0.5, 0.6) is 0 Å². The zero-order valence-corrected chi connectivity index (χ0v) is 9.31. The molecule has 1 nitrogen and oxygen atoms in total. The van der Waals surface area contributed by atoms with Crippen molar-refractivity contribution in [3.63, 3.8) is 0 Å². The summed E-state index contributed by atoms with van der Waals surface area (Å²) in [6.45, 7) is 2.02. The quantitative estimate of drug-likeness (QED) is 0.681. The SMILES string of the molecule is Cc1ccc(C(=O)C2=CC=CCC=C2)cc1. The van der Waals surface area contributed by atoms with Gasteiger partial charge >= 0.3 is 0 Å². The molecule has 2 rings (SSSR count). The van der Waals surface area contributed by atoms with Gasteiger partial charge in [0.2, 0.25) is 0 Å². The van der Waals surface area contributed by atoms with Gasteiger partial charge in [-0.05, 0) is 13.3 Å². The Labute approximate surface area is 95.8 Å². The molecule has 0 aliphatic heterocycles. The van der Waals surface area contributed by atoms with Crippen molar-refractivity contribution >= 4 is 5.78 Å². The van der Waals surface area contributed by atoms with Gasteiger partial charge in [-0.1, -0.05) is 60.2 Å². The lowest BCUT2D eigenvalue weighted by molar-refractivity contribution is 0.103. The molecule has 0 spiro atoms. The first-order valence-electron chi connectivity index (χ1n) is 5.42. The Morgan fingerprint density at radius 1 is 1.12 bits per heavy atom. The molecule has 0 bridgehead atoms. The molecule has 0 saturated carbocycles. The average molecular weight is 210 g/mol. The number of allylic oxidation sites excluding steroid dienone is 6. The second-order valence-corrected chi connectivity index (χ2v) is 3.88. The Morgan fingerprint density at radius 3 is 2.62 bits per heavy atom. The van der Waals surface area contributed by atoms with E-state index in [1.54, 1.807) is 0 Å². The standard InChI is InChI=1S/C15H14O/c1-12-8-10-14(11-9-12)15(16)13-6-4-2-3-5-7-13/h2,4-11H,3H2,1H3. The van der Waals surface area contributed by atoms with E-state index in [2.05, 4.69) is 0 Å². The van der Waals surface area contributed by atoms with Crippen LogP contribution in [0.1, 0.15) is 22.3 Å². The monoisotopic (exact) mass is 210 g/mol. The summed E-state index contributed by atoms with van der Waals surface area (Å²) in [5.41, 5.74) is 2.66. The van der Waals surface area contributed by atoms with Crippen LogP contribution < -0.4 is 0 Å². The number of hydrogen-bond acceptors (Lipinski definition) is 1. The second kappa shape index (κ2) is 4.75. The zero-order chi connectivity index (χ0) is 11.4. The molecule has 0 N–H and O–H groups in total. The lowest BCUT2D eigenvalue weighted by Gasteiger charge is -2.01. The second-order valence-electron chi connectivity index (χ2n) is 3.88. The van der Waals surface area contributed by atoms with Crippen molar-refractivity contribution in [3.8, 4) is 0 Å². The van der Waals surface area contributed by atoms with Crippen molar-refractivity contribution in [3.05, 3.63) is 71.3 Å². The van der Waals surface area contributed by atoms with Crippen molar-refractivity contribution in [2.45, 2.75) is 13.3 Å². The molecule has 1 aliphatic rings. The summed E-state index contributed by atoms with van der Waals surface area (Å²) in [6, 6.07) is 7.68. The zero-order valence-electron chi connectivity index (χ0n) is 9.31. The first-order chi connectivity index (χ1) is 7.77. The van der Waals surface area contributed by atoms with Crippen LogP contribution in [0.3, 0.4) is 0 Å². The normalized spacial score (nSPS) is 14.4. The number of hydrogen-bond donors (Lipinski definition) is 0. The van der Waals surface area contributed by atoms with Gasteiger partial charge in [-0.3, -0.25) is 4.79 Å². The fourth-order valence-electron chi connectivity index (χ4n) is 1.60. The predicted molar refractivity (Wildman–Crippen MR) is 66.5 cm³/mol. The molecule has 1 aliphatic carbocycles. The first-order valence-corrected chi connectivity index (χ1v) is 5.42. The van der Waals surface area contributed by atoms with Gasteiger partial charge in [-0.25, -0.2) is 0 Å². The van der Waals surface area contributed by atoms with E-state index in [-0.39, 0.29) is 5.78 Å². The van der Waals surface area contributed by atoms with Crippen molar-refractivity contribution in [1.29, 1.82) is 0 Å². The van der Waals surface area contributed by atoms with Gasteiger partial charge < -0.3 is 0 Å². The Hall–Kier alpha value is -1.89. The maximum Gasteiger partial charge on any atom is 0.193 e. The summed E-state index contributed by atoms with van der Waals surface area (Å²) >= 11 is 0. The molecule has 1 aromatic carbocycles. The highest BCUT2D eigenvalue weighted by Crippen LogP contribution is 2.13. The molecule has 0 saturated heterocycles. The van der Waals surface area contributed by atoms with E-state index in [0.29, 0.717) is 0 Å². The van der Waals surface area contributed by atoms with Crippen LogP contribution in [0, 0.1) is 6.92 Å². The van der Waals surface area contributed by atoms with Crippen LogP contribution in [0.4, 0.5) is 0 Å². The van der Waals surface area contributed by atoms with Crippen LogP contribution in [0.25, 0.3) is 0 Å². The van der Waals surface area contributed by atoms with Gasteiger partial charge in [0, 0.05) is 11.1 Å². The molecule has 0 aromatic heterocycles. The summed E-state index contributed by atoms with van der Waals surface area (Å²) in [7, 11) is 0. The maximum atomic E-state index is 12.1. The van der Waals surface area contributed by atoms with Gasteiger partial charge in [0.25, 0.3) is 0 Å². The van der Waals surface area contributed by atoms with Crippen molar-refractivity contribution < 1.29 is 4.79 Å². The van der Waals surface area contributed by atoms with E-state index in [1.807, 2.05) is 61.6 Å². The Morgan fingerprint density at radius 2 is 1.88 bits per heavy atom. The smallest absolute Gasteiger partial charge is 0.193 e. The average Bonchev–Trinajstić information content (AvgIpc) is 2.57. The number of aryl methyl sites for hydroxylation is 1.